The van der Waals surface area contributed by atoms with E-state index in [1.807, 2.05) is 7.05 Å². The summed E-state index contributed by atoms with van der Waals surface area (Å²) in [4.78, 5) is 2.16. The molecule has 0 bridgehead atoms. The molecular formula is C9H20N2O3S. The summed E-state index contributed by atoms with van der Waals surface area (Å²) in [7, 11) is -1.34. The molecule has 0 aromatic heterocycles. The fourth-order valence-electron chi connectivity index (χ4n) is 1.30. The van der Waals surface area contributed by atoms with Crippen LogP contribution in [0.2, 0.25) is 0 Å². The van der Waals surface area contributed by atoms with Crippen LogP contribution in [0.1, 0.15) is 19.8 Å². The van der Waals surface area contributed by atoms with Gasteiger partial charge in [-0.3, -0.25) is 0 Å². The van der Waals surface area contributed by atoms with Crippen molar-refractivity contribution in [1.82, 2.24) is 9.62 Å². The Morgan fingerprint density at radius 3 is 2.60 bits per heavy atom. The summed E-state index contributed by atoms with van der Waals surface area (Å²) >= 11 is 0. The molecule has 0 aromatic rings. The summed E-state index contributed by atoms with van der Waals surface area (Å²) in [5.41, 5.74) is 0. The van der Waals surface area contributed by atoms with E-state index in [2.05, 4.69) is 9.62 Å². The molecule has 6 heteroatoms. The van der Waals surface area contributed by atoms with E-state index in [1.54, 1.807) is 0 Å². The molecule has 5 nitrogen and oxygen atoms in total. The molecule has 1 aliphatic carbocycles. The third-order valence-corrected chi connectivity index (χ3v) is 4.54. The van der Waals surface area contributed by atoms with E-state index in [0.717, 1.165) is 6.54 Å². The van der Waals surface area contributed by atoms with Gasteiger partial charge in [-0.15, -0.1) is 0 Å². The minimum absolute atomic E-state index is 0.339. The van der Waals surface area contributed by atoms with Gasteiger partial charge in [0.25, 0.3) is 0 Å². The standard InChI is InChI=1S/C9H20N2O3S/c1-8(7-12)15(13,14)10-5-6-11(2)9-3-4-9/h8-10,12H,3-7H2,1-2H3. The zero-order chi connectivity index (χ0) is 11.5. The lowest BCUT2D eigenvalue weighted by Crippen LogP contribution is -2.39. The third-order valence-electron chi connectivity index (χ3n) is 2.72. The molecule has 1 rings (SSSR count). The quantitative estimate of drug-likeness (QED) is 0.618. The normalized spacial score (nSPS) is 19.5. The molecule has 0 aliphatic heterocycles. The highest BCUT2D eigenvalue weighted by Gasteiger charge is 2.26. The average molecular weight is 236 g/mol. The van der Waals surface area contributed by atoms with Gasteiger partial charge in [-0.1, -0.05) is 0 Å². The number of hydrogen-bond acceptors (Lipinski definition) is 4. The van der Waals surface area contributed by atoms with E-state index in [-0.39, 0.29) is 6.61 Å². The molecule has 0 saturated heterocycles. The molecule has 1 fully saturated rings. The number of aliphatic hydroxyl groups is 1. The second-order valence-electron chi connectivity index (χ2n) is 4.14. The molecule has 1 saturated carbocycles. The summed E-state index contributed by atoms with van der Waals surface area (Å²) in [6.45, 7) is 2.29. The lowest BCUT2D eigenvalue weighted by atomic mass is 10.5. The van der Waals surface area contributed by atoms with Gasteiger partial charge >= 0.3 is 0 Å². The van der Waals surface area contributed by atoms with Crippen molar-refractivity contribution >= 4 is 10.0 Å². The zero-order valence-corrected chi connectivity index (χ0v) is 10.1. The topological polar surface area (TPSA) is 69.6 Å². The van der Waals surface area contributed by atoms with Crippen molar-refractivity contribution in [2.24, 2.45) is 0 Å². The van der Waals surface area contributed by atoms with Crippen molar-refractivity contribution < 1.29 is 13.5 Å². The Balaban J connectivity index is 2.23. The molecule has 1 atom stereocenters. The number of likely N-dealkylation sites (N-methyl/N-ethyl adjacent to an activating group) is 1. The van der Waals surface area contributed by atoms with Crippen molar-refractivity contribution in [2.75, 3.05) is 26.7 Å². The van der Waals surface area contributed by atoms with Crippen molar-refractivity contribution in [1.29, 1.82) is 0 Å². The van der Waals surface area contributed by atoms with E-state index >= 15 is 0 Å². The molecule has 1 unspecified atom stereocenters. The van der Waals surface area contributed by atoms with Gasteiger partial charge < -0.3 is 10.0 Å². The highest BCUT2D eigenvalue weighted by molar-refractivity contribution is 7.90. The van der Waals surface area contributed by atoms with Crippen LogP contribution in [0.3, 0.4) is 0 Å². The number of nitrogens with one attached hydrogen (secondary N) is 1. The highest BCUT2D eigenvalue weighted by atomic mass is 32.2. The van der Waals surface area contributed by atoms with E-state index in [1.165, 1.54) is 19.8 Å². The summed E-state index contributed by atoms with van der Waals surface area (Å²) in [5, 5.41) is 8.01. The number of hydrogen-bond donors (Lipinski definition) is 2. The first kappa shape index (κ1) is 12.9. The van der Waals surface area contributed by atoms with Crippen molar-refractivity contribution in [3.63, 3.8) is 0 Å². The van der Waals surface area contributed by atoms with Crippen LogP contribution in [0, 0.1) is 0 Å². The molecule has 90 valence electrons. The van der Waals surface area contributed by atoms with Crippen LogP contribution in [0.4, 0.5) is 0 Å². The van der Waals surface area contributed by atoms with E-state index in [9.17, 15) is 8.42 Å². The van der Waals surface area contributed by atoms with Gasteiger partial charge in [0.1, 0.15) is 0 Å². The Morgan fingerprint density at radius 2 is 2.13 bits per heavy atom. The van der Waals surface area contributed by atoms with Crippen molar-refractivity contribution in [3.05, 3.63) is 0 Å². The van der Waals surface area contributed by atoms with E-state index in [0.29, 0.717) is 12.6 Å². The number of rotatable bonds is 7. The van der Waals surface area contributed by atoms with Gasteiger partial charge in [0.2, 0.25) is 10.0 Å². The fourth-order valence-corrected chi connectivity index (χ4v) is 2.16. The van der Waals surface area contributed by atoms with Crippen molar-refractivity contribution in [2.45, 2.75) is 31.1 Å². The van der Waals surface area contributed by atoms with Gasteiger partial charge in [0.05, 0.1) is 11.9 Å². The average Bonchev–Trinajstić information content (AvgIpc) is 2.99. The molecular weight excluding hydrogens is 216 g/mol. The van der Waals surface area contributed by atoms with Gasteiger partial charge in [0.15, 0.2) is 0 Å². The molecule has 15 heavy (non-hydrogen) atoms. The third kappa shape index (κ3) is 4.06. The lowest BCUT2D eigenvalue weighted by Gasteiger charge is -2.17. The molecule has 0 aromatic carbocycles. The summed E-state index contributed by atoms with van der Waals surface area (Å²) in [6.07, 6.45) is 2.44. The van der Waals surface area contributed by atoms with Crippen molar-refractivity contribution in [3.8, 4) is 0 Å². The molecule has 1 aliphatic rings. The predicted molar refractivity (Wildman–Crippen MR) is 59.1 cm³/mol. The molecule has 0 radical (unpaired) electrons. The molecule has 0 amide bonds. The fraction of sp³-hybridized carbons (Fsp3) is 1.00. The van der Waals surface area contributed by atoms with Gasteiger partial charge in [-0.05, 0) is 26.8 Å². The summed E-state index contributed by atoms with van der Waals surface area (Å²) in [6, 6.07) is 0.643. The smallest absolute Gasteiger partial charge is 0.216 e. The summed E-state index contributed by atoms with van der Waals surface area (Å²) in [5.74, 6) is 0. The SMILES string of the molecule is CC(CO)S(=O)(=O)NCCN(C)C1CC1. The zero-order valence-electron chi connectivity index (χ0n) is 9.31. The first-order chi connectivity index (χ1) is 6.97. The number of nitrogens with zero attached hydrogens (tertiary/aromatic N) is 1. The van der Waals surface area contributed by atoms with Crippen LogP contribution in [0.15, 0.2) is 0 Å². The maximum Gasteiger partial charge on any atom is 0.216 e. The van der Waals surface area contributed by atoms with Crippen LogP contribution in [-0.2, 0) is 10.0 Å². The minimum Gasteiger partial charge on any atom is -0.395 e. The second kappa shape index (κ2) is 5.25. The monoisotopic (exact) mass is 236 g/mol. The maximum absolute atomic E-state index is 11.4. The van der Waals surface area contributed by atoms with Gasteiger partial charge in [-0.25, -0.2) is 13.1 Å². The molecule has 0 spiro atoms. The molecule has 2 N–H and O–H groups in total. The van der Waals surface area contributed by atoms with E-state index in [4.69, 9.17) is 5.11 Å². The van der Waals surface area contributed by atoms with Crippen LogP contribution in [0.5, 0.6) is 0 Å². The summed E-state index contributed by atoms with van der Waals surface area (Å²) < 4.78 is 25.4. The second-order valence-corrected chi connectivity index (χ2v) is 6.33. The Hall–Kier alpha value is -0.170. The van der Waals surface area contributed by atoms with Crippen LogP contribution >= 0.6 is 0 Å². The first-order valence-corrected chi connectivity index (χ1v) is 6.81. The maximum atomic E-state index is 11.4. The van der Waals surface area contributed by atoms with Gasteiger partial charge in [0, 0.05) is 19.1 Å². The first-order valence-electron chi connectivity index (χ1n) is 5.27. The predicted octanol–water partition coefficient (Wildman–Crippen LogP) is -0.619. The molecule has 0 heterocycles. The Bertz CT molecular complexity index is 288. The Kier molecular flexibility index (Phi) is 4.51. The number of sulfonamides is 1. The minimum atomic E-state index is -3.34. The lowest BCUT2D eigenvalue weighted by molar-refractivity contribution is 0.294. The van der Waals surface area contributed by atoms with Crippen LogP contribution in [0.25, 0.3) is 0 Å². The number of aliphatic hydroxyl groups excluding tert-OH is 1. The van der Waals surface area contributed by atoms with Crippen LogP contribution in [-0.4, -0.2) is 56.5 Å². The largest absolute Gasteiger partial charge is 0.395 e. The highest BCUT2D eigenvalue weighted by Crippen LogP contribution is 2.24. The van der Waals surface area contributed by atoms with Gasteiger partial charge in [-0.2, -0.15) is 0 Å². The van der Waals surface area contributed by atoms with E-state index < -0.39 is 15.3 Å². The Morgan fingerprint density at radius 1 is 1.53 bits per heavy atom. The van der Waals surface area contributed by atoms with Crippen LogP contribution < -0.4 is 4.72 Å². The Labute approximate surface area is 91.5 Å².